The van der Waals surface area contributed by atoms with Crippen molar-refractivity contribution in [2.75, 3.05) is 6.61 Å². The van der Waals surface area contributed by atoms with Crippen LogP contribution in [0.2, 0.25) is 0 Å². The molecule has 0 aromatic heterocycles. The molecule has 0 aliphatic rings. The Morgan fingerprint density at radius 2 is 1.44 bits per heavy atom. The van der Waals surface area contributed by atoms with Crippen LogP contribution in [0.1, 0.15) is 50.2 Å². The molecule has 2 nitrogen and oxygen atoms in total. The summed E-state index contributed by atoms with van der Waals surface area (Å²) in [6.07, 6.45) is 5.59. The molecule has 0 radical (unpaired) electrons. The van der Waals surface area contributed by atoms with Crippen molar-refractivity contribution in [3.05, 3.63) is 83.2 Å². The molecule has 170 valence electrons. The van der Waals surface area contributed by atoms with Gasteiger partial charge in [-0.2, -0.15) is 0 Å². The zero-order chi connectivity index (χ0) is 22.9. The van der Waals surface area contributed by atoms with Gasteiger partial charge in [0, 0.05) is 5.56 Å². The number of ether oxygens (including phenoxy) is 2. The number of rotatable bonds is 11. The summed E-state index contributed by atoms with van der Waals surface area (Å²) in [5.41, 5.74) is 1.94. The van der Waals surface area contributed by atoms with Crippen LogP contribution >= 0.6 is 0 Å². The maximum atomic E-state index is 14.4. The highest BCUT2D eigenvalue weighted by Gasteiger charge is 2.12. The summed E-state index contributed by atoms with van der Waals surface area (Å²) < 4.78 is 53.2. The van der Waals surface area contributed by atoms with Crippen molar-refractivity contribution < 1.29 is 22.6 Å². The predicted molar refractivity (Wildman–Crippen MR) is 122 cm³/mol. The van der Waals surface area contributed by atoms with Crippen LogP contribution in [-0.4, -0.2) is 6.61 Å². The van der Waals surface area contributed by atoms with Gasteiger partial charge in [-0.05, 0) is 54.3 Å². The molecule has 0 fully saturated rings. The molecule has 32 heavy (non-hydrogen) atoms. The Kier molecular flexibility index (Phi) is 8.60. The Morgan fingerprint density at radius 1 is 0.719 bits per heavy atom. The van der Waals surface area contributed by atoms with Crippen LogP contribution in [0.4, 0.5) is 13.2 Å². The van der Waals surface area contributed by atoms with E-state index in [2.05, 4.69) is 6.92 Å². The lowest BCUT2D eigenvalue weighted by molar-refractivity contribution is 0.290. The molecule has 0 atom stereocenters. The van der Waals surface area contributed by atoms with Crippen LogP contribution in [0.3, 0.4) is 0 Å². The van der Waals surface area contributed by atoms with Gasteiger partial charge >= 0.3 is 0 Å². The maximum absolute atomic E-state index is 14.4. The molecule has 0 heterocycles. The molecule has 0 amide bonds. The van der Waals surface area contributed by atoms with Gasteiger partial charge in [0.2, 0.25) is 0 Å². The molecule has 0 aliphatic carbocycles. The number of unbranched alkanes of at least 4 members (excludes halogenated alkanes) is 4. The lowest BCUT2D eigenvalue weighted by Gasteiger charge is -2.11. The largest absolute Gasteiger partial charge is 0.491 e. The molecule has 5 heteroatoms. The summed E-state index contributed by atoms with van der Waals surface area (Å²) in [5, 5.41) is 0. The SMILES string of the molecule is CCCCCCCOc1ccc(-c2ccc(OCc3ccc(C)c(F)c3F)cc2)cc1F. The normalized spacial score (nSPS) is 10.9. The van der Waals surface area contributed by atoms with Crippen LogP contribution in [0.15, 0.2) is 54.6 Å². The van der Waals surface area contributed by atoms with Gasteiger partial charge in [0.1, 0.15) is 12.4 Å². The van der Waals surface area contributed by atoms with Crippen LogP contribution in [0, 0.1) is 24.4 Å². The van der Waals surface area contributed by atoms with E-state index >= 15 is 0 Å². The van der Waals surface area contributed by atoms with Crippen molar-refractivity contribution in [1.82, 2.24) is 0 Å². The first kappa shape index (κ1) is 23.7. The lowest BCUT2D eigenvalue weighted by atomic mass is 10.1. The molecular weight excluding hydrogens is 413 g/mol. The molecule has 0 N–H and O–H groups in total. The van der Waals surface area contributed by atoms with Crippen molar-refractivity contribution in [3.63, 3.8) is 0 Å². The zero-order valence-electron chi connectivity index (χ0n) is 18.6. The Hall–Kier alpha value is -2.95. The second-order valence-corrected chi connectivity index (χ2v) is 7.89. The minimum Gasteiger partial charge on any atom is -0.491 e. The number of hydrogen-bond acceptors (Lipinski definition) is 2. The van der Waals surface area contributed by atoms with Crippen molar-refractivity contribution in [1.29, 1.82) is 0 Å². The first-order valence-corrected chi connectivity index (χ1v) is 11.1. The molecule has 0 unspecified atom stereocenters. The van der Waals surface area contributed by atoms with Crippen molar-refractivity contribution in [2.45, 2.75) is 52.6 Å². The average Bonchev–Trinajstić information content (AvgIpc) is 2.80. The Balaban J connectivity index is 1.56. The summed E-state index contributed by atoms with van der Waals surface area (Å²) in [6, 6.07) is 15.0. The van der Waals surface area contributed by atoms with Crippen LogP contribution < -0.4 is 9.47 Å². The van der Waals surface area contributed by atoms with Gasteiger partial charge in [0.25, 0.3) is 0 Å². The van der Waals surface area contributed by atoms with Crippen molar-refractivity contribution >= 4 is 0 Å². The Labute approximate surface area is 188 Å². The highest BCUT2D eigenvalue weighted by Crippen LogP contribution is 2.28. The van der Waals surface area contributed by atoms with E-state index in [1.807, 2.05) is 6.07 Å². The number of benzene rings is 3. The molecule has 3 rings (SSSR count). The Morgan fingerprint density at radius 3 is 2.16 bits per heavy atom. The standard InChI is InChI=1S/C27H29F3O2/c1-3-4-5-6-7-16-31-25-15-12-21(17-24(25)28)20-10-13-23(14-11-20)32-18-22-9-8-19(2)26(29)27(22)30/h8-15,17H,3-7,16,18H2,1-2H3. The molecule has 3 aromatic carbocycles. The van der Waals surface area contributed by atoms with Gasteiger partial charge in [-0.15, -0.1) is 0 Å². The minimum atomic E-state index is -0.889. The molecule has 3 aromatic rings. The third-order valence-electron chi connectivity index (χ3n) is 5.37. The van der Waals surface area contributed by atoms with E-state index in [0.29, 0.717) is 12.4 Å². The van der Waals surface area contributed by atoms with Crippen molar-refractivity contribution in [2.24, 2.45) is 0 Å². The summed E-state index contributed by atoms with van der Waals surface area (Å²) in [6.45, 7) is 4.11. The number of aryl methyl sites for hydroxylation is 1. The molecule has 0 saturated heterocycles. The van der Waals surface area contributed by atoms with Crippen molar-refractivity contribution in [3.8, 4) is 22.6 Å². The summed E-state index contributed by atoms with van der Waals surface area (Å²) in [4.78, 5) is 0. The maximum Gasteiger partial charge on any atom is 0.165 e. The summed E-state index contributed by atoms with van der Waals surface area (Å²) in [7, 11) is 0. The predicted octanol–water partition coefficient (Wildman–Crippen LogP) is 8.01. The molecule has 0 bridgehead atoms. The molecule has 0 spiro atoms. The van der Waals surface area contributed by atoms with Gasteiger partial charge < -0.3 is 9.47 Å². The second-order valence-electron chi connectivity index (χ2n) is 7.89. The van der Waals surface area contributed by atoms with E-state index in [0.717, 1.165) is 24.0 Å². The van der Waals surface area contributed by atoms with Crippen LogP contribution in [0.5, 0.6) is 11.5 Å². The van der Waals surface area contributed by atoms with E-state index < -0.39 is 17.5 Å². The molecule has 0 aliphatic heterocycles. The van der Waals surface area contributed by atoms with Crippen LogP contribution in [0.25, 0.3) is 11.1 Å². The van der Waals surface area contributed by atoms with E-state index in [1.54, 1.807) is 30.3 Å². The second kappa shape index (κ2) is 11.6. The van der Waals surface area contributed by atoms with Crippen LogP contribution in [-0.2, 0) is 6.61 Å². The van der Waals surface area contributed by atoms with E-state index in [4.69, 9.17) is 9.47 Å². The molecule has 0 saturated carbocycles. The van der Waals surface area contributed by atoms with E-state index in [-0.39, 0.29) is 23.5 Å². The van der Waals surface area contributed by atoms with E-state index in [9.17, 15) is 13.2 Å². The average molecular weight is 443 g/mol. The van der Waals surface area contributed by atoms with Gasteiger partial charge in [-0.1, -0.05) is 62.9 Å². The molecular formula is C27H29F3O2. The monoisotopic (exact) mass is 442 g/mol. The smallest absolute Gasteiger partial charge is 0.165 e. The highest BCUT2D eigenvalue weighted by atomic mass is 19.2. The minimum absolute atomic E-state index is 0.0819. The topological polar surface area (TPSA) is 18.5 Å². The van der Waals surface area contributed by atoms with Gasteiger partial charge in [-0.3, -0.25) is 0 Å². The first-order valence-electron chi connectivity index (χ1n) is 11.1. The van der Waals surface area contributed by atoms with Gasteiger partial charge in [0.05, 0.1) is 6.61 Å². The van der Waals surface area contributed by atoms with E-state index in [1.165, 1.54) is 44.4 Å². The third-order valence-corrected chi connectivity index (χ3v) is 5.37. The quantitative estimate of drug-likeness (QED) is 0.280. The van der Waals surface area contributed by atoms with Gasteiger partial charge in [-0.25, -0.2) is 13.2 Å². The summed E-state index contributed by atoms with van der Waals surface area (Å²) >= 11 is 0. The Bertz CT molecular complexity index is 1020. The fraction of sp³-hybridized carbons (Fsp3) is 0.333. The fourth-order valence-corrected chi connectivity index (χ4v) is 3.39. The lowest BCUT2D eigenvalue weighted by Crippen LogP contribution is -2.02. The zero-order valence-corrected chi connectivity index (χ0v) is 18.6. The third kappa shape index (κ3) is 6.28. The highest BCUT2D eigenvalue weighted by molar-refractivity contribution is 5.65. The van der Waals surface area contributed by atoms with Gasteiger partial charge in [0.15, 0.2) is 23.2 Å². The summed E-state index contributed by atoms with van der Waals surface area (Å²) in [5.74, 6) is -1.37. The number of halogens is 3. The first-order chi connectivity index (χ1) is 15.5. The fourth-order valence-electron chi connectivity index (χ4n) is 3.39. The number of hydrogen-bond donors (Lipinski definition) is 0.